The van der Waals surface area contributed by atoms with Crippen molar-refractivity contribution in [1.29, 1.82) is 0 Å². The molecule has 0 unspecified atom stereocenters. The molecule has 0 amide bonds. The van der Waals surface area contributed by atoms with Gasteiger partial charge in [0.05, 0.1) is 0 Å². The molecule has 1 heterocycles. The van der Waals surface area contributed by atoms with Gasteiger partial charge in [0.2, 0.25) is 0 Å². The van der Waals surface area contributed by atoms with E-state index in [1.165, 1.54) is 0 Å². The molecule has 0 saturated heterocycles. The SMILES string of the molecule is Cc1ccc2c(c1F)COc1c-2ccc(C)c1F.Cc1ccc2c(ccc3c(F)c(C)ccc32)c1F. The monoisotopic (exact) mass is 488 g/mol. The van der Waals surface area contributed by atoms with Crippen LogP contribution in [-0.4, -0.2) is 0 Å². The van der Waals surface area contributed by atoms with Gasteiger partial charge in [-0.2, -0.15) is 0 Å². The lowest BCUT2D eigenvalue weighted by Crippen LogP contribution is -2.10. The molecule has 0 N–H and O–H groups in total. The van der Waals surface area contributed by atoms with Crippen LogP contribution in [0.4, 0.5) is 17.6 Å². The molecule has 6 rings (SSSR count). The fourth-order valence-electron chi connectivity index (χ4n) is 4.65. The molecule has 0 radical (unpaired) electrons. The number of rotatable bonds is 0. The first kappa shape index (κ1) is 23.9. The van der Waals surface area contributed by atoms with E-state index in [4.69, 9.17) is 4.74 Å². The highest BCUT2D eigenvalue weighted by molar-refractivity contribution is 6.08. The zero-order valence-corrected chi connectivity index (χ0v) is 20.4. The highest BCUT2D eigenvalue weighted by atomic mass is 19.1. The van der Waals surface area contributed by atoms with Gasteiger partial charge in [-0.25, -0.2) is 17.6 Å². The second kappa shape index (κ2) is 8.98. The topological polar surface area (TPSA) is 9.23 Å². The van der Waals surface area contributed by atoms with E-state index >= 15 is 0 Å². The van der Waals surface area contributed by atoms with Gasteiger partial charge in [-0.05, 0) is 66.3 Å². The normalized spacial score (nSPS) is 12.0. The average Bonchev–Trinajstić information content (AvgIpc) is 2.88. The molecule has 1 nitrogen and oxygen atoms in total. The Morgan fingerprint density at radius 2 is 0.889 bits per heavy atom. The van der Waals surface area contributed by atoms with Crippen molar-refractivity contribution in [2.75, 3.05) is 0 Å². The van der Waals surface area contributed by atoms with E-state index in [-0.39, 0.29) is 35.6 Å². The Hall–Kier alpha value is -3.86. The van der Waals surface area contributed by atoms with Crippen LogP contribution in [-0.2, 0) is 6.61 Å². The van der Waals surface area contributed by atoms with Crippen molar-refractivity contribution in [1.82, 2.24) is 0 Å². The van der Waals surface area contributed by atoms with Crippen LogP contribution in [0.5, 0.6) is 5.75 Å². The fraction of sp³-hybridized carbons (Fsp3) is 0.161. The van der Waals surface area contributed by atoms with E-state index in [9.17, 15) is 17.6 Å². The predicted octanol–water partition coefficient (Wildman–Crippen LogP) is 9.03. The Bertz CT molecular complexity index is 1550. The Morgan fingerprint density at radius 1 is 0.472 bits per heavy atom. The van der Waals surface area contributed by atoms with Crippen LogP contribution in [0, 0.1) is 51.0 Å². The molecule has 0 saturated carbocycles. The summed E-state index contributed by atoms with van der Waals surface area (Å²) in [6, 6.07) is 17.5. The van der Waals surface area contributed by atoms with Crippen molar-refractivity contribution in [2.24, 2.45) is 0 Å². The van der Waals surface area contributed by atoms with Crippen LogP contribution < -0.4 is 4.74 Å². The Kier molecular flexibility index (Phi) is 5.95. The van der Waals surface area contributed by atoms with Crippen LogP contribution in [0.1, 0.15) is 27.8 Å². The molecule has 0 bridgehead atoms. The lowest BCUT2D eigenvalue weighted by molar-refractivity contribution is 0.280. The van der Waals surface area contributed by atoms with Gasteiger partial charge < -0.3 is 4.74 Å². The maximum Gasteiger partial charge on any atom is 0.168 e. The minimum absolute atomic E-state index is 0.0796. The van der Waals surface area contributed by atoms with Crippen molar-refractivity contribution in [3.8, 4) is 16.9 Å². The summed E-state index contributed by atoms with van der Waals surface area (Å²) in [6.07, 6.45) is 0. The van der Waals surface area contributed by atoms with Gasteiger partial charge in [-0.3, -0.25) is 0 Å². The van der Waals surface area contributed by atoms with Crippen LogP contribution in [0.3, 0.4) is 0 Å². The summed E-state index contributed by atoms with van der Waals surface area (Å²) in [4.78, 5) is 0. The number of hydrogen-bond donors (Lipinski definition) is 0. The van der Waals surface area contributed by atoms with Gasteiger partial charge in [0.1, 0.15) is 24.1 Å². The van der Waals surface area contributed by atoms with E-state index in [0.717, 1.165) is 16.3 Å². The zero-order valence-electron chi connectivity index (χ0n) is 20.4. The van der Waals surface area contributed by atoms with Gasteiger partial charge in [0.15, 0.2) is 11.6 Å². The van der Waals surface area contributed by atoms with Crippen molar-refractivity contribution in [3.63, 3.8) is 0 Å². The number of benzene rings is 5. The van der Waals surface area contributed by atoms with Crippen LogP contribution in [0.15, 0.2) is 60.7 Å². The number of halogens is 4. The molecule has 0 aliphatic carbocycles. The highest BCUT2D eigenvalue weighted by Gasteiger charge is 2.24. The third kappa shape index (κ3) is 3.79. The summed E-state index contributed by atoms with van der Waals surface area (Å²) in [7, 11) is 0. The first-order valence-electron chi connectivity index (χ1n) is 11.7. The second-order valence-corrected chi connectivity index (χ2v) is 9.23. The maximum atomic E-state index is 14.0. The average molecular weight is 489 g/mol. The standard InChI is InChI=1S/C16H12F2.C15H12F2O/c1-9-3-5-11-12-6-4-10(2)16(18)14(12)8-7-13(11)15(9)17;1-8-3-5-10-11-6-4-9(2)14(17)15(11)18-7-12(10)13(8)16/h3-8H,1-2H3;3-6H,7H2,1-2H3. The molecule has 182 valence electrons. The Labute approximate surface area is 207 Å². The molecule has 1 aliphatic heterocycles. The summed E-state index contributed by atoms with van der Waals surface area (Å²) in [5.41, 5.74) is 4.17. The first-order valence-corrected chi connectivity index (χ1v) is 11.7. The number of fused-ring (bicyclic) bond motifs is 6. The highest BCUT2D eigenvalue weighted by Crippen LogP contribution is 2.41. The third-order valence-corrected chi connectivity index (χ3v) is 6.83. The van der Waals surface area contributed by atoms with E-state index in [2.05, 4.69) is 0 Å². The number of hydrogen-bond acceptors (Lipinski definition) is 1. The molecule has 0 atom stereocenters. The largest absolute Gasteiger partial charge is 0.485 e. The molecular weight excluding hydrogens is 464 g/mol. The van der Waals surface area contributed by atoms with Crippen molar-refractivity contribution in [3.05, 3.63) is 112 Å². The van der Waals surface area contributed by atoms with E-state index < -0.39 is 0 Å². The van der Waals surface area contributed by atoms with Crippen LogP contribution in [0.25, 0.3) is 32.7 Å². The molecule has 36 heavy (non-hydrogen) atoms. The smallest absolute Gasteiger partial charge is 0.168 e. The predicted molar refractivity (Wildman–Crippen MR) is 136 cm³/mol. The summed E-state index contributed by atoms with van der Waals surface area (Å²) in [6.45, 7) is 6.94. The number of aryl methyl sites for hydroxylation is 4. The Balaban J connectivity index is 0.000000148. The first-order chi connectivity index (χ1) is 17.2. The van der Waals surface area contributed by atoms with E-state index in [1.807, 2.05) is 18.2 Å². The summed E-state index contributed by atoms with van der Waals surface area (Å²) in [5.74, 6) is -0.852. The Morgan fingerprint density at radius 3 is 1.44 bits per heavy atom. The zero-order chi connectivity index (χ0) is 25.7. The lowest BCUT2D eigenvalue weighted by Gasteiger charge is -2.22. The van der Waals surface area contributed by atoms with Crippen LogP contribution in [0.2, 0.25) is 0 Å². The van der Waals surface area contributed by atoms with Crippen molar-refractivity contribution >= 4 is 21.5 Å². The van der Waals surface area contributed by atoms with Gasteiger partial charge in [-0.1, -0.05) is 60.7 Å². The van der Waals surface area contributed by atoms with Gasteiger partial charge in [0, 0.05) is 21.9 Å². The van der Waals surface area contributed by atoms with E-state index in [1.54, 1.807) is 70.2 Å². The minimum atomic E-state index is -0.362. The van der Waals surface area contributed by atoms with Crippen LogP contribution >= 0.6 is 0 Å². The second-order valence-electron chi connectivity index (χ2n) is 9.23. The van der Waals surface area contributed by atoms with Crippen molar-refractivity contribution in [2.45, 2.75) is 34.3 Å². The van der Waals surface area contributed by atoms with Crippen molar-refractivity contribution < 1.29 is 22.3 Å². The van der Waals surface area contributed by atoms with Gasteiger partial charge in [-0.15, -0.1) is 0 Å². The molecule has 0 spiro atoms. The molecule has 5 aromatic carbocycles. The lowest BCUT2D eigenvalue weighted by atomic mass is 9.94. The quantitative estimate of drug-likeness (QED) is 0.156. The molecule has 0 fully saturated rings. The van der Waals surface area contributed by atoms with Gasteiger partial charge in [0.25, 0.3) is 0 Å². The summed E-state index contributed by atoms with van der Waals surface area (Å²) < 4.78 is 61.3. The fourth-order valence-corrected chi connectivity index (χ4v) is 4.65. The maximum absolute atomic E-state index is 14.0. The van der Waals surface area contributed by atoms with Gasteiger partial charge >= 0.3 is 0 Å². The third-order valence-electron chi connectivity index (χ3n) is 6.83. The van der Waals surface area contributed by atoms with E-state index in [0.29, 0.717) is 44.2 Å². The summed E-state index contributed by atoms with van der Waals surface area (Å²) >= 11 is 0. The molecule has 5 aromatic rings. The number of ether oxygens (including phenoxy) is 1. The minimum Gasteiger partial charge on any atom is -0.485 e. The molecule has 1 aliphatic rings. The molecule has 0 aromatic heterocycles. The summed E-state index contributed by atoms with van der Waals surface area (Å²) in [5, 5.41) is 2.61. The molecule has 5 heteroatoms. The molecular formula is C31H24F4O.